The Kier molecular flexibility index (Phi) is 8.85. The number of hydrogen-bond donors (Lipinski definition) is 1. The van der Waals surface area contributed by atoms with Crippen molar-refractivity contribution in [3.8, 4) is 17.5 Å². The number of nitriles is 1. The van der Waals surface area contributed by atoms with Crippen molar-refractivity contribution in [2.24, 2.45) is 5.84 Å². The largest absolute Gasteiger partial charge is 0.378 e. The summed E-state index contributed by atoms with van der Waals surface area (Å²) < 4.78 is 34.6. The van der Waals surface area contributed by atoms with Gasteiger partial charge in [0.05, 0.1) is 35.3 Å². The number of anilines is 1. The normalized spacial score (nSPS) is 15.5. The van der Waals surface area contributed by atoms with E-state index in [4.69, 9.17) is 20.5 Å². The Balaban J connectivity index is 1.30. The molecule has 0 aliphatic carbocycles. The van der Waals surface area contributed by atoms with Crippen LogP contribution in [-0.2, 0) is 22.5 Å². The van der Waals surface area contributed by atoms with E-state index in [1.165, 1.54) is 6.07 Å². The highest BCUT2D eigenvalue weighted by Gasteiger charge is 2.28. The Morgan fingerprint density at radius 2 is 1.73 bits per heavy atom. The molecular formula is C35H34F2N9O3+. The van der Waals surface area contributed by atoms with Gasteiger partial charge >= 0.3 is 0 Å². The molecule has 14 heteroatoms. The number of halogens is 2. The van der Waals surface area contributed by atoms with E-state index in [9.17, 15) is 23.7 Å². The molecule has 5 aromatic rings. The number of benzene rings is 3. The molecule has 2 saturated heterocycles. The molecule has 250 valence electrons. The summed E-state index contributed by atoms with van der Waals surface area (Å²) in [6, 6.07) is 18.4. The van der Waals surface area contributed by atoms with Crippen LogP contribution in [0.4, 0.5) is 20.3 Å². The first-order valence-corrected chi connectivity index (χ1v) is 16.1. The predicted molar refractivity (Wildman–Crippen MR) is 179 cm³/mol. The van der Waals surface area contributed by atoms with Crippen molar-refractivity contribution in [1.29, 1.82) is 5.26 Å². The third kappa shape index (κ3) is 6.38. The van der Waals surface area contributed by atoms with Gasteiger partial charge in [0.15, 0.2) is 28.1 Å². The summed E-state index contributed by atoms with van der Waals surface area (Å²) in [5, 5.41) is 10.8. The lowest BCUT2D eigenvalue weighted by Crippen LogP contribution is -2.47. The molecule has 0 radical (unpaired) electrons. The van der Waals surface area contributed by atoms with Gasteiger partial charge in [0.1, 0.15) is 17.6 Å². The quantitative estimate of drug-likeness (QED) is 0.149. The zero-order valence-corrected chi connectivity index (χ0v) is 26.7. The smallest absolute Gasteiger partial charge is 0.292 e. The summed E-state index contributed by atoms with van der Waals surface area (Å²) in [6.07, 6.45) is 0.572. The van der Waals surface area contributed by atoms with Crippen molar-refractivity contribution in [1.82, 2.24) is 24.3 Å². The average molecular weight is 667 g/mol. The lowest BCUT2D eigenvalue weighted by molar-refractivity contribution is -0.474. The first-order chi connectivity index (χ1) is 23.8. The molecule has 3 aromatic carbocycles. The van der Waals surface area contributed by atoms with Crippen molar-refractivity contribution in [2.45, 2.75) is 13.0 Å². The molecule has 0 bridgehead atoms. The fourth-order valence-corrected chi connectivity index (χ4v) is 6.60. The fraction of sp³-hybridized carbons (Fsp3) is 0.314. The number of piperazine rings is 1. The number of carbonyl (C=O) groups is 1. The molecule has 0 spiro atoms. The van der Waals surface area contributed by atoms with Crippen LogP contribution in [0.3, 0.4) is 0 Å². The number of rotatable bonds is 8. The number of morpholine rings is 1. The van der Waals surface area contributed by atoms with Crippen molar-refractivity contribution in [2.75, 3.05) is 63.9 Å². The minimum Gasteiger partial charge on any atom is -0.378 e. The molecule has 2 fully saturated rings. The molecule has 2 aliphatic heterocycles. The number of aromatic nitrogens is 3. The maximum absolute atomic E-state index is 13.8. The van der Waals surface area contributed by atoms with Crippen LogP contribution in [0.1, 0.15) is 11.1 Å². The maximum Gasteiger partial charge on any atom is 0.292 e. The van der Waals surface area contributed by atoms with Crippen LogP contribution >= 0.6 is 0 Å². The van der Waals surface area contributed by atoms with Crippen molar-refractivity contribution in [3.05, 3.63) is 88.3 Å². The van der Waals surface area contributed by atoms with Crippen molar-refractivity contribution < 1.29 is 23.2 Å². The highest BCUT2D eigenvalue weighted by Crippen LogP contribution is 2.37. The van der Waals surface area contributed by atoms with Gasteiger partial charge in [0, 0.05) is 68.9 Å². The van der Waals surface area contributed by atoms with Crippen LogP contribution in [0.2, 0.25) is 0 Å². The standard InChI is InChI=1S/C35H34F2N9O3/c36-27-8-7-23(19-28(27)37)9-10-42-11-13-44(14-12-42)35-33-32(40-34(41-35)24-3-1-5-26(20-24)46(39)48)31-25(21-38)4-2-6-29(31)45(33)22-30(47)43-15-17-49-18-16-43/h1-8,19-20H,9-18,22H2,(H2,39,48)/q+1. The van der Waals surface area contributed by atoms with E-state index in [-0.39, 0.29) is 23.0 Å². The summed E-state index contributed by atoms with van der Waals surface area (Å²) in [5.74, 6) is 4.67. The predicted octanol–water partition coefficient (Wildman–Crippen LogP) is 3.91. The zero-order valence-electron chi connectivity index (χ0n) is 26.7. The van der Waals surface area contributed by atoms with Crippen molar-refractivity contribution >= 4 is 39.3 Å². The Bertz CT molecular complexity index is 2120. The summed E-state index contributed by atoms with van der Waals surface area (Å²) in [7, 11) is 0. The van der Waals surface area contributed by atoms with E-state index in [0.29, 0.717) is 110 Å². The van der Waals surface area contributed by atoms with Gasteiger partial charge < -0.3 is 19.1 Å². The Hall–Kier alpha value is -5.52. The van der Waals surface area contributed by atoms with Crippen LogP contribution in [0.5, 0.6) is 0 Å². The second kappa shape index (κ2) is 13.5. The van der Waals surface area contributed by atoms with Crippen LogP contribution in [0.15, 0.2) is 60.7 Å². The number of nitroso groups, excluding NO2 is 1. The van der Waals surface area contributed by atoms with E-state index < -0.39 is 11.6 Å². The Morgan fingerprint density at radius 1 is 0.959 bits per heavy atom. The Labute approximate surface area is 280 Å². The summed E-state index contributed by atoms with van der Waals surface area (Å²) in [4.78, 5) is 42.2. The van der Waals surface area contributed by atoms with Crippen molar-refractivity contribution in [3.63, 3.8) is 0 Å². The van der Waals surface area contributed by atoms with E-state index in [2.05, 4.69) is 15.9 Å². The second-order valence-electron chi connectivity index (χ2n) is 12.2. The minimum atomic E-state index is -0.862. The van der Waals surface area contributed by atoms with Crippen LogP contribution in [0, 0.1) is 27.9 Å². The average Bonchev–Trinajstić information content (AvgIpc) is 3.45. The lowest BCUT2D eigenvalue weighted by Gasteiger charge is -2.36. The SMILES string of the molecule is N#Cc1cccc2c1c1nc(-c3cccc([N+](N)=O)c3)nc(N3CCN(CCc4ccc(F)c(F)c4)CC3)c1n2CC(=O)N1CCOCC1. The minimum absolute atomic E-state index is 0.0204. The third-order valence-electron chi connectivity index (χ3n) is 9.21. The number of fused-ring (bicyclic) bond motifs is 3. The molecular weight excluding hydrogens is 632 g/mol. The first kappa shape index (κ1) is 32.0. The van der Waals surface area contributed by atoms with Gasteiger partial charge in [0.2, 0.25) is 5.91 Å². The van der Waals surface area contributed by atoms with E-state index >= 15 is 0 Å². The lowest BCUT2D eigenvalue weighted by atomic mass is 10.1. The van der Waals surface area contributed by atoms with Gasteiger partial charge in [-0.15, -0.1) is 0 Å². The monoisotopic (exact) mass is 666 g/mol. The number of amides is 1. The molecule has 7 rings (SSSR count). The maximum atomic E-state index is 13.8. The zero-order chi connectivity index (χ0) is 34.1. The number of carbonyl (C=O) groups excluding carboxylic acids is 1. The van der Waals surface area contributed by atoms with E-state index in [1.807, 2.05) is 10.6 Å². The molecule has 0 saturated carbocycles. The molecule has 2 aliphatic rings. The summed E-state index contributed by atoms with van der Waals surface area (Å²) >= 11 is 0. The fourth-order valence-electron chi connectivity index (χ4n) is 6.60. The third-order valence-corrected chi connectivity index (χ3v) is 9.21. The second-order valence-corrected chi connectivity index (χ2v) is 12.2. The molecule has 0 atom stereocenters. The topological polar surface area (TPSA) is 137 Å². The number of nitrogens with zero attached hydrogens (tertiary/aromatic N) is 8. The van der Waals surface area contributed by atoms with E-state index in [0.717, 1.165) is 11.6 Å². The first-order valence-electron chi connectivity index (χ1n) is 16.1. The molecule has 2 N–H and O–H groups in total. The highest BCUT2D eigenvalue weighted by molar-refractivity contribution is 6.12. The van der Waals surface area contributed by atoms with Crippen LogP contribution < -0.4 is 10.7 Å². The summed E-state index contributed by atoms with van der Waals surface area (Å²) in [6.45, 7) is 5.14. The molecule has 0 unspecified atom stereocenters. The van der Waals surface area contributed by atoms with Gasteiger partial charge in [-0.3, -0.25) is 9.69 Å². The highest BCUT2D eigenvalue weighted by atomic mass is 19.2. The van der Waals surface area contributed by atoms with E-state index in [1.54, 1.807) is 47.4 Å². The molecule has 49 heavy (non-hydrogen) atoms. The number of ether oxygens (including phenoxy) is 1. The number of nitrogens with two attached hydrogens (primary N) is 1. The van der Waals surface area contributed by atoms with Gasteiger partial charge in [-0.1, -0.05) is 24.3 Å². The molecule has 12 nitrogen and oxygen atoms in total. The van der Waals surface area contributed by atoms with Gasteiger partial charge in [-0.05, 0) is 36.2 Å². The van der Waals surface area contributed by atoms with Gasteiger partial charge in [-0.25, -0.2) is 18.7 Å². The number of hydrogen-bond acceptors (Lipinski definition) is 8. The van der Waals surface area contributed by atoms with Crippen LogP contribution in [0.25, 0.3) is 33.3 Å². The van der Waals surface area contributed by atoms with Gasteiger partial charge in [-0.2, -0.15) is 11.1 Å². The summed E-state index contributed by atoms with van der Waals surface area (Å²) in [5.41, 5.74) is 3.79. The van der Waals surface area contributed by atoms with Gasteiger partial charge in [0.25, 0.3) is 5.69 Å². The molecule has 2 aromatic heterocycles. The van der Waals surface area contributed by atoms with Crippen LogP contribution in [-0.4, -0.2) is 94.1 Å². The molecule has 4 heterocycles. The molecule has 1 amide bonds. The Morgan fingerprint density at radius 3 is 2.47 bits per heavy atom. The number of hydrazine groups is 1.